The lowest BCUT2D eigenvalue weighted by Gasteiger charge is -2.17. The van der Waals surface area contributed by atoms with Crippen molar-refractivity contribution in [2.45, 2.75) is 25.7 Å². The van der Waals surface area contributed by atoms with Crippen molar-refractivity contribution in [3.8, 4) is 0 Å². The summed E-state index contributed by atoms with van der Waals surface area (Å²) in [6.07, 6.45) is 5.13. The number of nitrogen functional groups attached to an aromatic ring is 1. The molecule has 1 saturated carbocycles. The number of hydrogen-bond donors (Lipinski definition) is 3. The first-order chi connectivity index (χ1) is 9.19. The van der Waals surface area contributed by atoms with E-state index >= 15 is 0 Å². The van der Waals surface area contributed by atoms with Crippen LogP contribution in [0.5, 0.6) is 0 Å². The number of anilines is 1. The number of hydrogen-bond acceptors (Lipinski definition) is 4. The Balaban J connectivity index is 1.77. The van der Waals surface area contributed by atoms with Crippen LogP contribution in [0, 0.1) is 11.8 Å². The number of nitrogens with one attached hydrogen (secondary N) is 1. The standard InChI is InChI=1S/C14H21N3O2/c15-12-4-5-13(16-8-12)6-14(19)17-7-10-2-1-3-11(10)9-18/h4-5,8,10-11,18H,1-3,6-7,9,15H2,(H,17,19). The molecule has 0 spiro atoms. The topological polar surface area (TPSA) is 88.2 Å². The van der Waals surface area contributed by atoms with E-state index in [2.05, 4.69) is 10.3 Å². The van der Waals surface area contributed by atoms with Gasteiger partial charge in [-0.3, -0.25) is 9.78 Å². The van der Waals surface area contributed by atoms with Crippen molar-refractivity contribution >= 4 is 11.6 Å². The fourth-order valence-electron chi connectivity index (χ4n) is 2.64. The van der Waals surface area contributed by atoms with Crippen molar-refractivity contribution in [2.24, 2.45) is 11.8 Å². The normalized spacial score (nSPS) is 22.4. The highest BCUT2D eigenvalue weighted by atomic mass is 16.3. The Morgan fingerprint density at radius 2 is 2.21 bits per heavy atom. The van der Waals surface area contributed by atoms with Gasteiger partial charge in [0.05, 0.1) is 18.3 Å². The molecule has 1 aliphatic rings. The van der Waals surface area contributed by atoms with Crippen LogP contribution in [-0.2, 0) is 11.2 Å². The van der Waals surface area contributed by atoms with Gasteiger partial charge in [0, 0.05) is 18.8 Å². The van der Waals surface area contributed by atoms with Gasteiger partial charge in [-0.1, -0.05) is 6.42 Å². The molecule has 1 heterocycles. The molecule has 1 aromatic heterocycles. The van der Waals surface area contributed by atoms with E-state index in [1.54, 1.807) is 18.3 Å². The zero-order valence-corrected chi connectivity index (χ0v) is 11.0. The van der Waals surface area contributed by atoms with E-state index < -0.39 is 0 Å². The third kappa shape index (κ3) is 3.92. The van der Waals surface area contributed by atoms with E-state index in [0.717, 1.165) is 25.0 Å². The van der Waals surface area contributed by atoms with Crippen LogP contribution in [0.2, 0.25) is 0 Å². The average Bonchev–Trinajstić information content (AvgIpc) is 2.86. The van der Waals surface area contributed by atoms with Crippen LogP contribution in [0.1, 0.15) is 25.0 Å². The zero-order chi connectivity index (χ0) is 13.7. The quantitative estimate of drug-likeness (QED) is 0.730. The lowest BCUT2D eigenvalue weighted by Crippen LogP contribution is -2.32. The predicted molar refractivity (Wildman–Crippen MR) is 73.3 cm³/mol. The molecule has 1 fully saturated rings. The largest absolute Gasteiger partial charge is 0.397 e. The van der Waals surface area contributed by atoms with Crippen molar-refractivity contribution in [1.82, 2.24) is 10.3 Å². The summed E-state index contributed by atoms with van der Waals surface area (Å²) < 4.78 is 0. The Kier molecular flexibility index (Phi) is 4.74. The monoisotopic (exact) mass is 263 g/mol. The molecule has 0 aliphatic heterocycles. The van der Waals surface area contributed by atoms with E-state index in [4.69, 9.17) is 5.73 Å². The van der Waals surface area contributed by atoms with Crippen molar-refractivity contribution in [1.29, 1.82) is 0 Å². The number of carbonyl (C=O) groups is 1. The van der Waals surface area contributed by atoms with Gasteiger partial charge in [-0.05, 0) is 36.8 Å². The van der Waals surface area contributed by atoms with E-state index in [1.807, 2.05) is 0 Å². The Morgan fingerprint density at radius 1 is 1.42 bits per heavy atom. The van der Waals surface area contributed by atoms with Crippen LogP contribution in [0.15, 0.2) is 18.3 Å². The molecule has 2 atom stereocenters. The number of rotatable bonds is 5. The Morgan fingerprint density at radius 3 is 2.89 bits per heavy atom. The molecule has 104 valence electrons. The molecule has 5 heteroatoms. The summed E-state index contributed by atoms with van der Waals surface area (Å²) in [4.78, 5) is 15.9. The van der Waals surface area contributed by atoms with Crippen molar-refractivity contribution in [3.05, 3.63) is 24.0 Å². The average molecular weight is 263 g/mol. The van der Waals surface area contributed by atoms with Crippen molar-refractivity contribution in [2.75, 3.05) is 18.9 Å². The molecule has 2 rings (SSSR count). The lowest BCUT2D eigenvalue weighted by molar-refractivity contribution is -0.120. The highest BCUT2D eigenvalue weighted by molar-refractivity contribution is 5.78. The van der Waals surface area contributed by atoms with E-state index in [-0.39, 0.29) is 18.9 Å². The number of aliphatic hydroxyl groups is 1. The minimum absolute atomic E-state index is 0.0270. The van der Waals surface area contributed by atoms with Gasteiger partial charge >= 0.3 is 0 Å². The van der Waals surface area contributed by atoms with Gasteiger partial charge in [0.2, 0.25) is 5.91 Å². The molecular weight excluding hydrogens is 242 g/mol. The summed E-state index contributed by atoms with van der Waals surface area (Å²) in [5, 5.41) is 12.2. The fourth-order valence-corrected chi connectivity index (χ4v) is 2.64. The van der Waals surface area contributed by atoms with Crippen LogP contribution in [-0.4, -0.2) is 29.1 Å². The molecule has 4 N–H and O–H groups in total. The van der Waals surface area contributed by atoms with Crippen molar-refractivity contribution < 1.29 is 9.90 Å². The van der Waals surface area contributed by atoms with E-state index in [9.17, 15) is 9.90 Å². The van der Waals surface area contributed by atoms with Gasteiger partial charge in [-0.15, -0.1) is 0 Å². The maximum absolute atomic E-state index is 11.8. The highest BCUT2D eigenvalue weighted by Gasteiger charge is 2.26. The van der Waals surface area contributed by atoms with E-state index in [1.165, 1.54) is 0 Å². The molecule has 0 saturated heterocycles. The van der Waals surface area contributed by atoms with Gasteiger partial charge in [-0.2, -0.15) is 0 Å². The number of amides is 1. The van der Waals surface area contributed by atoms with Gasteiger partial charge in [0.15, 0.2) is 0 Å². The summed E-state index contributed by atoms with van der Waals surface area (Å²) in [6.45, 7) is 0.874. The van der Waals surface area contributed by atoms with Crippen LogP contribution < -0.4 is 11.1 Å². The maximum atomic E-state index is 11.8. The predicted octanol–water partition coefficient (Wildman–Crippen LogP) is 0.731. The number of carbonyl (C=O) groups excluding carboxylic acids is 1. The Bertz CT molecular complexity index is 419. The molecular formula is C14H21N3O2. The molecule has 2 unspecified atom stereocenters. The molecule has 1 aliphatic carbocycles. The Hall–Kier alpha value is -1.62. The van der Waals surface area contributed by atoms with Crippen LogP contribution in [0.25, 0.3) is 0 Å². The van der Waals surface area contributed by atoms with Gasteiger partial charge in [-0.25, -0.2) is 0 Å². The molecule has 0 radical (unpaired) electrons. The van der Waals surface area contributed by atoms with Gasteiger partial charge in [0.25, 0.3) is 0 Å². The fraction of sp³-hybridized carbons (Fsp3) is 0.571. The zero-order valence-electron chi connectivity index (χ0n) is 11.0. The van der Waals surface area contributed by atoms with Crippen molar-refractivity contribution in [3.63, 3.8) is 0 Å². The molecule has 0 bridgehead atoms. The molecule has 1 amide bonds. The molecule has 0 aromatic carbocycles. The molecule has 1 aromatic rings. The van der Waals surface area contributed by atoms with E-state index in [0.29, 0.717) is 24.1 Å². The number of aliphatic hydroxyl groups excluding tert-OH is 1. The molecule has 5 nitrogen and oxygen atoms in total. The van der Waals surface area contributed by atoms with Crippen LogP contribution in [0.3, 0.4) is 0 Å². The molecule has 19 heavy (non-hydrogen) atoms. The van der Waals surface area contributed by atoms with Crippen LogP contribution >= 0.6 is 0 Å². The number of nitrogens with zero attached hydrogens (tertiary/aromatic N) is 1. The summed E-state index contributed by atoms with van der Waals surface area (Å²) >= 11 is 0. The SMILES string of the molecule is Nc1ccc(CC(=O)NCC2CCCC2CO)nc1. The van der Waals surface area contributed by atoms with Crippen LogP contribution in [0.4, 0.5) is 5.69 Å². The maximum Gasteiger partial charge on any atom is 0.226 e. The van der Waals surface area contributed by atoms with Gasteiger partial charge in [0.1, 0.15) is 0 Å². The minimum Gasteiger partial charge on any atom is -0.397 e. The second-order valence-corrected chi connectivity index (χ2v) is 5.20. The minimum atomic E-state index is -0.0270. The second-order valence-electron chi connectivity index (χ2n) is 5.20. The Labute approximate surface area is 113 Å². The van der Waals surface area contributed by atoms with Gasteiger partial charge < -0.3 is 16.2 Å². The number of pyridine rings is 1. The summed E-state index contributed by atoms with van der Waals surface area (Å²) in [6, 6.07) is 3.51. The third-order valence-corrected chi connectivity index (χ3v) is 3.80. The summed E-state index contributed by atoms with van der Waals surface area (Å²) in [5.74, 6) is 0.726. The summed E-state index contributed by atoms with van der Waals surface area (Å²) in [7, 11) is 0. The lowest BCUT2D eigenvalue weighted by atomic mass is 9.97. The highest BCUT2D eigenvalue weighted by Crippen LogP contribution is 2.30. The summed E-state index contributed by atoms with van der Waals surface area (Å²) in [5.41, 5.74) is 6.86. The number of aromatic nitrogens is 1. The second kappa shape index (κ2) is 6.52. The number of nitrogens with two attached hydrogens (primary N) is 1. The first-order valence-electron chi connectivity index (χ1n) is 6.77. The first kappa shape index (κ1) is 13.8. The first-order valence-corrected chi connectivity index (χ1v) is 6.77. The third-order valence-electron chi connectivity index (χ3n) is 3.80. The smallest absolute Gasteiger partial charge is 0.226 e.